The van der Waals surface area contributed by atoms with Crippen molar-refractivity contribution in [3.8, 4) is 0 Å². The first-order valence-electron chi connectivity index (χ1n) is 5.81. The summed E-state index contributed by atoms with van der Waals surface area (Å²) < 4.78 is 0. The molecule has 1 aliphatic rings. The average Bonchev–Trinajstić information content (AvgIpc) is 2.18. The van der Waals surface area contributed by atoms with Crippen LogP contribution in [0.25, 0.3) is 0 Å². The number of hydrogen-bond donors (Lipinski definition) is 1. The van der Waals surface area contributed by atoms with Gasteiger partial charge in [0, 0.05) is 18.6 Å². The summed E-state index contributed by atoms with van der Waals surface area (Å²) in [6.07, 6.45) is 3.81. The minimum atomic E-state index is 0.421. The predicted octanol–water partition coefficient (Wildman–Crippen LogP) is 1.94. The molecule has 0 amide bonds. The van der Waals surface area contributed by atoms with Gasteiger partial charge in [-0.25, -0.2) is 0 Å². The van der Waals surface area contributed by atoms with Crippen LogP contribution < -0.4 is 5.73 Å². The van der Waals surface area contributed by atoms with Gasteiger partial charge in [0.2, 0.25) is 0 Å². The smallest absolute Gasteiger partial charge is 0.0168 e. The Kier molecular flexibility index (Phi) is 5.90. The molecule has 0 spiro atoms. The number of nitrogens with zero attached hydrogens (tertiary/aromatic N) is 1. The van der Waals surface area contributed by atoms with Crippen molar-refractivity contribution in [2.24, 2.45) is 5.73 Å². The van der Waals surface area contributed by atoms with E-state index in [1.165, 1.54) is 37.3 Å². The first kappa shape index (κ1) is 12.3. The van der Waals surface area contributed by atoms with Crippen LogP contribution >= 0.6 is 11.8 Å². The zero-order valence-corrected chi connectivity index (χ0v) is 10.4. The Morgan fingerprint density at radius 2 is 2.36 bits per heavy atom. The van der Waals surface area contributed by atoms with E-state index in [1.54, 1.807) is 0 Å². The fraction of sp³-hybridized carbons (Fsp3) is 1.00. The predicted molar refractivity (Wildman–Crippen MR) is 65.9 cm³/mol. The zero-order chi connectivity index (χ0) is 10.4. The van der Waals surface area contributed by atoms with Gasteiger partial charge in [-0.3, -0.25) is 4.90 Å². The van der Waals surface area contributed by atoms with Gasteiger partial charge in [0.1, 0.15) is 0 Å². The van der Waals surface area contributed by atoms with E-state index in [2.05, 4.69) is 18.7 Å². The third-order valence-corrected chi connectivity index (χ3v) is 3.93. The van der Waals surface area contributed by atoms with Gasteiger partial charge in [0.05, 0.1) is 0 Å². The molecule has 0 aromatic heterocycles. The Bertz CT molecular complexity index is 152. The molecule has 2 atom stereocenters. The van der Waals surface area contributed by atoms with Crippen molar-refractivity contribution >= 4 is 11.8 Å². The van der Waals surface area contributed by atoms with Crippen LogP contribution in [0.4, 0.5) is 0 Å². The molecule has 3 heteroatoms. The van der Waals surface area contributed by atoms with Gasteiger partial charge in [-0.1, -0.05) is 6.92 Å². The van der Waals surface area contributed by atoms with Crippen LogP contribution in [0.2, 0.25) is 0 Å². The molecule has 1 heterocycles. The summed E-state index contributed by atoms with van der Waals surface area (Å²) in [4.78, 5) is 2.56. The fourth-order valence-corrected chi connectivity index (χ4v) is 2.82. The topological polar surface area (TPSA) is 29.3 Å². The van der Waals surface area contributed by atoms with Crippen molar-refractivity contribution in [3.63, 3.8) is 0 Å². The fourth-order valence-electron chi connectivity index (χ4n) is 2.02. The highest BCUT2D eigenvalue weighted by Gasteiger charge is 2.20. The molecule has 14 heavy (non-hydrogen) atoms. The monoisotopic (exact) mass is 216 g/mol. The number of piperidine rings is 1. The third kappa shape index (κ3) is 4.20. The maximum absolute atomic E-state index is 5.97. The van der Waals surface area contributed by atoms with E-state index in [0.717, 1.165) is 12.6 Å². The van der Waals surface area contributed by atoms with Gasteiger partial charge in [-0.15, -0.1) is 0 Å². The summed E-state index contributed by atoms with van der Waals surface area (Å²) in [5.74, 6) is 2.54. The number of nitrogens with two attached hydrogens (primary N) is 1. The van der Waals surface area contributed by atoms with Crippen LogP contribution in [0.3, 0.4) is 0 Å². The van der Waals surface area contributed by atoms with Gasteiger partial charge in [-0.05, 0) is 44.2 Å². The lowest BCUT2D eigenvalue weighted by Gasteiger charge is -2.35. The van der Waals surface area contributed by atoms with Crippen LogP contribution in [-0.2, 0) is 0 Å². The highest BCUT2D eigenvalue weighted by molar-refractivity contribution is 7.99. The van der Waals surface area contributed by atoms with Crippen LogP contribution in [0.1, 0.15) is 33.1 Å². The van der Waals surface area contributed by atoms with E-state index >= 15 is 0 Å². The van der Waals surface area contributed by atoms with Gasteiger partial charge in [0.25, 0.3) is 0 Å². The lowest BCUT2D eigenvalue weighted by Crippen LogP contribution is -2.46. The number of thioether (sulfide) groups is 1. The molecule has 1 saturated heterocycles. The Morgan fingerprint density at radius 1 is 1.57 bits per heavy atom. The summed E-state index contributed by atoms with van der Waals surface area (Å²) in [5, 5.41) is 0. The molecule has 84 valence electrons. The molecule has 1 aliphatic heterocycles. The first-order valence-corrected chi connectivity index (χ1v) is 6.97. The molecule has 2 unspecified atom stereocenters. The Morgan fingerprint density at radius 3 is 3.00 bits per heavy atom. The second-order valence-corrected chi connectivity index (χ2v) is 5.63. The Hall–Kier alpha value is 0.270. The van der Waals surface area contributed by atoms with Crippen LogP contribution in [0, 0.1) is 0 Å². The highest BCUT2D eigenvalue weighted by atomic mass is 32.2. The summed E-state index contributed by atoms with van der Waals surface area (Å²) in [5.41, 5.74) is 5.97. The third-order valence-electron chi connectivity index (χ3n) is 3.00. The lowest BCUT2D eigenvalue weighted by molar-refractivity contribution is 0.156. The van der Waals surface area contributed by atoms with Crippen molar-refractivity contribution in [3.05, 3.63) is 0 Å². The van der Waals surface area contributed by atoms with Crippen LogP contribution in [0.5, 0.6) is 0 Å². The molecular formula is C11H24N2S. The molecule has 0 aromatic rings. The van der Waals surface area contributed by atoms with Crippen LogP contribution in [0.15, 0.2) is 0 Å². The van der Waals surface area contributed by atoms with Gasteiger partial charge in [0.15, 0.2) is 0 Å². The second kappa shape index (κ2) is 6.70. The van der Waals surface area contributed by atoms with Crippen molar-refractivity contribution in [2.45, 2.75) is 45.2 Å². The average molecular weight is 216 g/mol. The molecule has 0 bridgehead atoms. The maximum atomic E-state index is 5.97. The largest absolute Gasteiger partial charge is 0.327 e. The van der Waals surface area contributed by atoms with E-state index < -0.39 is 0 Å². The summed E-state index contributed by atoms with van der Waals surface area (Å²) in [6.45, 7) is 6.93. The summed E-state index contributed by atoms with van der Waals surface area (Å²) in [7, 11) is 0. The second-order valence-electron chi connectivity index (χ2n) is 4.23. The minimum Gasteiger partial charge on any atom is -0.327 e. The number of rotatable bonds is 5. The first-order chi connectivity index (χ1) is 6.74. The summed E-state index contributed by atoms with van der Waals surface area (Å²) in [6, 6.07) is 1.14. The van der Waals surface area contributed by atoms with Gasteiger partial charge >= 0.3 is 0 Å². The number of hydrogen-bond acceptors (Lipinski definition) is 3. The van der Waals surface area contributed by atoms with E-state index in [0.29, 0.717) is 6.04 Å². The quantitative estimate of drug-likeness (QED) is 0.712. The van der Waals surface area contributed by atoms with E-state index in [-0.39, 0.29) is 0 Å². The maximum Gasteiger partial charge on any atom is 0.0168 e. The molecule has 0 saturated carbocycles. The van der Waals surface area contributed by atoms with Crippen molar-refractivity contribution in [1.82, 2.24) is 4.90 Å². The molecule has 0 aromatic carbocycles. The van der Waals surface area contributed by atoms with E-state index in [4.69, 9.17) is 5.73 Å². The Labute approximate surface area is 92.6 Å². The highest BCUT2D eigenvalue weighted by Crippen LogP contribution is 2.15. The molecular weight excluding hydrogens is 192 g/mol. The summed E-state index contributed by atoms with van der Waals surface area (Å²) >= 11 is 2.04. The van der Waals surface area contributed by atoms with Crippen molar-refractivity contribution in [2.75, 3.05) is 24.6 Å². The van der Waals surface area contributed by atoms with Crippen LogP contribution in [-0.4, -0.2) is 41.6 Å². The van der Waals surface area contributed by atoms with Gasteiger partial charge in [-0.2, -0.15) is 11.8 Å². The molecule has 2 nitrogen and oxygen atoms in total. The normalized spacial score (nSPS) is 26.4. The zero-order valence-electron chi connectivity index (χ0n) is 9.54. The Balaban J connectivity index is 2.18. The molecule has 1 rings (SSSR count). The van der Waals surface area contributed by atoms with Gasteiger partial charge < -0.3 is 5.73 Å². The van der Waals surface area contributed by atoms with E-state index in [1.807, 2.05) is 11.8 Å². The molecule has 2 N–H and O–H groups in total. The standard InChI is InChI=1S/C11H24N2S/c1-3-14-8-6-10(2)13-7-4-5-11(12)9-13/h10-11H,3-9,12H2,1-2H3. The van der Waals surface area contributed by atoms with Crippen molar-refractivity contribution in [1.29, 1.82) is 0 Å². The minimum absolute atomic E-state index is 0.421. The van der Waals surface area contributed by atoms with Crippen molar-refractivity contribution < 1.29 is 0 Å². The van der Waals surface area contributed by atoms with E-state index in [9.17, 15) is 0 Å². The molecule has 0 radical (unpaired) electrons. The molecule has 0 aliphatic carbocycles. The molecule has 1 fully saturated rings. The number of likely N-dealkylation sites (tertiary alicyclic amines) is 1. The lowest BCUT2D eigenvalue weighted by atomic mass is 10.0. The SMILES string of the molecule is CCSCCC(C)N1CCCC(N)C1.